The molecule has 0 saturated carbocycles. The van der Waals surface area contributed by atoms with Crippen LogP contribution in [0.4, 0.5) is 5.69 Å². The summed E-state index contributed by atoms with van der Waals surface area (Å²) in [6, 6.07) is 26.3. The average molecular weight is 583 g/mol. The summed E-state index contributed by atoms with van der Waals surface area (Å²) in [4.78, 5) is 30.9. The third-order valence-corrected chi connectivity index (χ3v) is 7.03. The van der Waals surface area contributed by atoms with E-state index in [4.69, 9.17) is 9.72 Å². The lowest BCUT2D eigenvalue weighted by Gasteiger charge is -2.15. The Morgan fingerprint density at radius 2 is 1.82 bits per heavy atom. The van der Waals surface area contributed by atoms with Gasteiger partial charge < -0.3 is 10.1 Å². The van der Waals surface area contributed by atoms with Crippen molar-refractivity contribution in [3.63, 3.8) is 0 Å². The van der Waals surface area contributed by atoms with Crippen LogP contribution < -0.4 is 15.6 Å². The fourth-order valence-electron chi connectivity index (χ4n) is 4.29. The Morgan fingerprint density at radius 1 is 1.05 bits per heavy atom. The van der Waals surface area contributed by atoms with Crippen LogP contribution in [0.2, 0.25) is 0 Å². The van der Waals surface area contributed by atoms with Crippen molar-refractivity contribution >= 4 is 55.4 Å². The van der Waals surface area contributed by atoms with Crippen LogP contribution in [0.15, 0.2) is 99.3 Å². The van der Waals surface area contributed by atoms with E-state index < -0.39 is 0 Å². The van der Waals surface area contributed by atoms with Gasteiger partial charge in [0.25, 0.3) is 11.5 Å². The number of fused-ring (bicyclic) bond motifs is 2. The molecule has 5 rings (SSSR count). The molecule has 39 heavy (non-hydrogen) atoms. The van der Waals surface area contributed by atoms with E-state index >= 15 is 0 Å². The summed E-state index contributed by atoms with van der Waals surface area (Å²) >= 11 is 3.45. The van der Waals surface area contributed by atoms with E-state index in [1.807, 2.05) is 92.7 Å². The van der Waals surface area contributed by atoms with Crippen LogP contribution in [0.1, 0.15) is 37.6 Å². The van der Waals surface area contributed by atoms with Crippen LogP contribution in [0.5, 0.6) is 5.75 Å². The van der Waals surface area contributed by atoms with Gasteiger partial charge in [-0.2, -0.15) is 9.78 Å². The van der Waals surface area contributed by atoms with E-state index in [0.29, 0.717) is 33.7 Å². The Hall–Kier alpha value is -4.30. The SMILES string of the molecule is CC[C@@H](C)c1nc2ccc(Br)cc2c(=O)n1N=Cc1c(OCC(=O)Nc2ccccc2)ccc2ccccc12. The summed E-state index contributed by atoms with van der Waals surface area (Å²) in [5.41, 5.74) is 1.73. The fourth-order valence-corrected chi connectivity index (χ4v) is 4.65. The molecule has 0 saturated heterocycles. The van der Waals surface area contributed by atoms with Crippen LogP contribution in [0.25, 0.3) is 21.7 Å². The van der Waals surface area contributed by atoms with E-state index in [2.05, 4.69) is 26.3 Å². The van der Waals surface area contributed by atoms with Gasteiger partial charge in [0.05, 0.1) is 17.1 Å². The Bertz CT molecular complexity index is 1750. The number of carbonyl (C=O) groups is 1. The highest BCUT2D eigenvalue weighted by Gasteiger charge is 2.16. The Balaban J connectivity index is 1.55. The number of ether oxygens (including phenoxy) is 1. The molecule has 1 N–H and O–H groups in total. The Labute approximate surface area is 234 Å². The zero-order valence-electron chi connectivity index (χ0n) is 21.6. The maximum atomic E-state index is 13.6. The molecule has 4 aromatic carbocycles. The molecule has 0 radical (unpaired) electrons. The number of anilines is 1. The monoisotopic (exact) mass is 582 g/mol. The van der Waals surface area contributed by atoms with Crippen molar-refractivity contribution in [2.75, 3.05) is 11.9 Å². The van der Waals surface area contributed by atoms with E-state index in [9.17, 15) is 9.59 Å². The molecule has 0 bridgehead atoms. The molecule has 0 aliphatic heterocycles. The average Bonchev–Trinajstić information content (AvgIpc) is 2.96. The van der Waals surface area contributed by atoms with E-state index in [1.165, 1.54) is 4.68 Å². The molecule has 0 fully saturated rings. The van der Waals surface area contributed by atoms with Gasteiger partial charge in [-0.1, -0.05) is 78.3 Å². The first-order chi connectivity index (χ1) is 18.9. The first kappa shape index (κ1) is 26.3. The largest absolute Gasteiger partial charge is 0.483 e. The van der Waals surface area contributed by atoms with Crippen LogP contribution >= 0.6 is 15.9 Å². The van der Waals surface area contributed by atoms with E-state index in [0.717, 1.165) is 21.7 Å². The van der Waals surface area contributed by atoms with Gasteiger partial charge in [0.1, 0.15) is 11.6 Å². The minimum Gasteiger partial charge on any atom is -0.483 e. The van der Waals surface area contributed by atoms with Crippen LogP contribution in [-0.4, -0.2) is 28.4 Å². The number of carbonyl (C=O) groups excluding carboxylic acids is 1. The molecule has 5 aromatic rings. The molecular weight excluding hydrogens is 556 g/mol. The molecule has 1 amide bonds. The second-order valence-corrected chi connectivity index (χ2v) is 10.1. The molecule has 1 aromatic heterocycles. The van der Waals surface area contributed by atoms with Crippen LogP contribution in [-0.2, 0) is 4.79 Å². The van der Waals surface area contributed by atoms with Crippen molar-refractivity contribution in [3.05, 3.63) is 111 Å². The number of aromatic nitrogens is 2. The van der Waals surface area contributed by atoms with Gasteiger partial charge in [0, 0.05) is 21.6 Å². The summed E-state index contributed by atoms with van der Waals surface area (Å²) in [5, 5.41) is 9.82. The predicted octanol–water partition coefficient (Wildman–Crippen LogP) is 6.73. The minimum atomic E-state index is -0.281. The number of nitrogens with one attached hydrogen (secondary N) is 1. The van der Waals surface area contributed by atoms with Gasteiger partial charge in [-0.25, -0.2) is 4.98 Å². The smallest absolute Gasteiger partial charge is 0.282 e. The van der Waals surface area contributed by atoms with Gasteiger partial charge in [-0.3, -0.25) is 9.59 Å². The molecule has 0 aliphatic rings. The van der Waals surface area contributed by atoms with Gasteiger partial charge in [0.15, 0.2) is 6.61 Å². The molecule has 0 spiro atoms. The first-order valence-corrected chi connectivity index (χ1v) is 13.5. The summed E-state index contributed by atoms with van der Waals surface area (Å²) in [7, 11) is 0. The normalized spacial score (nSPS) is 12.2. The lowest BCUT2D eigenvalue weighted by Crippen LogP contribution is -2.24. The van der Waals surface area contributed by atoms with Gasteiger partial charge in [-0.05, 0) is 53.6 Å². The molecule has 1 atom stereocenters. The lowest BCUT2D eigenvalue weighted by molar-refractivity contribution is -0.118. The second kappa shape index (κ2) is 11.6. The third kappa shape index (κ3) is 5.76. The highest BCUT2D eigenvalue weighted by atomic mass is 79.9. The van der Waals surface area contributed by atoms with Crippen molar-refractivity contribution in [2.24, 2.45) is 5.10 Å². The van der Waals surface area contributed by atoms with Crippen molar-refractivity contribution < 1.29 is 9.53 Å². The Morgan fingerprint density at radius 3 is 2.62 bits per heavy atom. The van der Waals surface area contributed by atoms with Crippen LogP contribution in [0, 0.1) is 0 Å². The summed E-state index contributed by atoms with van der Waals surface area (Å²) in [6.45, 7) is 3.89. The predicted molar refractivity (Wildman–Crippen MR) is 160 cm³/mol. The first-order valence-electron chi connectivity index (χ1n) is 12.7. The Kier molecular flexibility index (Phi) is 7.84. The maximum Gasteiger partial charge on any atom is 0.282 e. The summed E-state index contributed by atoms with van der Waals surface area (Å²) < 4.78 is 8.13. The molecule has 196 valence electrons. The number of amides is 1. The van der Waals surface area contributed by atoms with Gasteiger partial charge >= 0.3 is 0 Å². The van der Waals surface area contributed by atoms with Crippen molar-refractivity contribution in [2.45, 2.75) is 26.2 Å². The zero-order chi connectivity index (χ0) is 27.4. The number of para-hydroxylation sites is 1. The topological polar surface area (TPSA) is 85.6 Å². The molecule has 7 nitrogen and oxygen atoms in total. The minimum absolute atomic E-state index is 0.00724. The number of rotatable bonds is 8. The molecule has 0 unspecified atom stereocenters. The van der Waals surface area contributed by atoms with E-state index in [-0.39, 0.29) is 24.0 Å². The maximum absolute atomic E-state index is 13.6. The molecule has 1 heterocycles. The zero-order valence-corrected chi connectivity index (χ0v) is 23.2. The standard InChI is InChI=1S/C31H27BrN4O3/c1-3-20(2)30-35-27-15-14-22(32)17-25(27)31(38)36(30)33-18-26-24-12-8-7-9-21(24)13-16-28(26)39-19-29(37)34-23-10-5-4-6-11-23/h4-18,20H,3,19H2,1-2H3,(H,34,37)/t20-/m1/s1. The second-order valence-electron chi connectivity index (χ2n) is 9.20. The lowest BCUT2D eigenvalue weighted by atomic mass is 10.0. The van der Waals surface area contributed by atoms with E-state index in [1.54, 1.807) is 12.3 Å². The molecular formula is C31H27BrN4O3. The number of hydrogen-bond donors (Lipinski definition) is 1. The summed E-state index contributed by atoms with van der Waals surface area (Å²) in [5.74, 6) is 0.790. The molecule has 0 aliphatic carbocycles. The van der Waals surface area contributed by atoms with Crippen molar-refractivity contribution in [3.8, 4) is 5.75 Å². The highest BCUT2D eigenvalue weighted by molar-refractivity contribution is 9.10. The van der Waals surface area contributed by atoms with Crippen molar-refractivity contribution in [1.29, 1.82) is 0 Å². The van der Waals surface area contributed by atoms with Gasteiger partial charge in [0.2, 0.25) is 0 Å². The highest BCUT2D eigenvalue weighted by Crippen LogP contribution is 2.27. The van der Waals surface area contributed by atoms with Gasteiger partial charge in [-0.15, -0.1) is 0 Å². The van der Waals surface area contributed by atoms with Crippen LogP contribution in [0.3, 0.4) is 0 Å². The number of halogens is 1. The number of nitrogens with zero attached hydrogens (tertiary/aromatic N) is 3. The number of hydrogen-bond acceptors (Lipinski definition) is 5. The van der Waals surface area contributed by atoms with Crippen molar-refractivity contribution in [1.82, 2.24) is 9.66 Å². The third-order valence-electron chi connectivity index (χ3n) is 6.54. The fraction of sp³-hybridized carbons (Fsp3) is 0.161. The summed E-state index contributed by atoms with van der Waals surface area (Å²) in [6.07, 6.45) is 2.41. The quantitative estimate of drug-likeness (QED) is 0.206. The number of benzene rings is 4. The molecule has 8 heteroatoms.